The molecule has 2 aromatic heterocycles. The quantitative estimate of drug-likeness (QED) is 0.190. The SMILES string of the molecule is c1ccc(N(c2ccc(-c3ccc(-n4c5ccccc5c5ccccc54)cc3)cc2)c2cc3ccccc3c3c2oc2ccccc23)cc1. The van der Waals surface area contributed by atoms with E-state index >= 15 is 0 Å². The van der Waals surface area contributed by atoms with Gasteiger partial charge in [0.2, 0.25) is 0 Å². The number of benzene rings is 8. The average molecular weight is 627 g/mol. The van der Waals surface area contributed by atoms with Gasteiger partial charge in [-0.3, -0.25) is 0 Å². The summed E-state index contributed by atoms with van der Waals surface area (Å²) < 4.78 is 9.02. The summed E-state index contributed by atoms with van der Waals surface area (Å²) in [5.74, 6) is 0. The molecule has 49 heavy (non-hydrogen) atoms. The Morgan fingerprint density at radius 2 is 0.959 bits per heavy atom. The second-order valence-corrected chi connectivity index (χ2v) is 12.6. The molecule has 8 aromatic carbocycles. The summed E-state index contributed by atoms with van der Waals surface area (Å²) in [4.78, 5) is 2.31. The molecule has 0 aliphatic rings. The van der Waals surface area contributed by atoms with Gasteiger partial charge in [0.05, 0.1) is 16.7 Å². The van der Waals surface area contributed by atoms with Crippen molar-refractivity contribution in [3.63, 3.8) is 0 Å². The molecule has 0 aliphatic carbocycles. The first-order valence-electron chi connectivity index (χ1n) is 16.7. The summed E-state index contributed by atoms with van der Waals surface area (Å²) in [5.41, 5.74) is 10.8. The fourth-order valence-corrected chi connectivity index (χ4v) is 7.53. The molecule has 10 aromatic rings. The predicted octanol–water partition coefficient (Wildman–Crippen LogP) is 13.0. The second-order valence-electron chi connectivity index (χ2n) is 12.6. The number of nitrogens with zero attached hydrogens (tertiary/aromatic N) is 2. The van der Waals surface area contributed by atoms with Gasteiger partial charge in [0, 0.05) is 38.6 Å². The number of para-hydroxylation sites is 4. The van der Waals surface area contributed by atoms with Crippen molar-refractivity contribution in [2.24, 2.45) is 0 Å². The molecule has 0 saturated heterocycles. The lowest BCUT2D eigenvalue weighted by Gasteiger charge is -2.26. The van der Waals surface area contributed by atoms with Crippen molar-refractivity contribution >= 4 is 71.6 Å². The summed E-state index contributed by atoms with van der Waals surface area (Å²) in [6.07, 6.45) is 0. The number of hydrogen-bond acceptors (Lipinski definition) is 2. The molecule has 0 unspecified atom stereocenters. The van der Waals surface area contributed by atoms with Gasteiger partial charge < -0.3 is 13.9 Å². The third-order valence-corrected chi connectivity index (χ3v) is 9.77. The highest BCUT2D eigenvalue weighted by atomic mass is 16.3. The zero-order valence-electron chi connectivity index (χ0n) is 26.6. The molecule has 0 spiro atoms. The first-order chi connectivity index (χ1) is 24.3. The van der Waals surface area contributed by atoms with E-state index in [9.17, 15) is 0 Å². The average Bonchev–Trinajstić information content (AvgIpc) is 3.73. The Labute approximate surface area is 283 Å². The van der Waals surface area contributed by atoms with E-state index in [4.69, 9.17) is 4.42 Å². The van der Waals surface area contributed by atoms with E-state index in [0.29, 0.717) is 0 Å². The first kappa shape index (κ1) is 27.5. The van der Waals surface area contributed by atoms with Crippen LogP contribution in [0.5, 0.6) is 0 Å². The Kier molecular flexibility index (Phi) is 6.18. The van der Waals surface area contributed by atoms with Crippen LogP contribution >= 0.6 is 0 Å². The van der Waals surface area contributed by atoms with E-state index < -0.39 is 0 Å². The number of hydrogen-bond donors (Lipinski definition) is 0. The summed E-state index contributed by atoms with van der Waals surface area (Å²) in [6.45, 7) is 0. The van der Waals surface area contributed by atoms with Gasteiger partial charge in [0.25, 0.3) is 0 Å². The van der Waals surface area contributed by atoms with Crippen LogP contribution in [0.25, 0.3) is 71.3 Å². The maximum atomic E-state index is 6.66. The molecule has 2 heterocycles. The monoisotopic (exact) mass is 626 g/mol. The Bertz CT molecular complexity index is 2750. The van der Waals surface area contributed by atoms with Gasteiger partial charge in [-0.1, -0.05) is 121 Å². The van der Waals surface area contributed by atoms with E-state index in [1.807, 2.05) is 6.07 Å². The third-order valence-electron chi connectivity index (χ3n) is 9.77. The molecule has 0 atom stereocenters. The molecule has 0 saturated carbocycles. The standard InChI is InChI=1S/C46H30N2O/c1-2-13-34(14-3-1)47(43-30-33-12-4-5-15-37(33)45-40-18-8-11-21-44(40)49-46(43)45)35-26-22-31(23-27-35)32-24-28-36(29-25-32)48-41-19-9-6-16-38(41)39-17-7-10-20-42(39)48/h1-30H. The van der Waals surface area contributed by atoms with Gasteiger partial charge in [-0.15, -0.1) is 0 Å². The van der Waals surface area contributed by atoms with E-state index in [2.05, 4.69) is 185 Å². The zero-order valence-corrected chi connectivity index (χ0v) is 26.6. The molecule has 3 nitrogen and oxygen atoms in total. The van der Waals surface area contributed by atoms with Gasteiger partial charge in [0.15, 0.2) is 5.58 Å². The molecule has 0 bridgehead atoms. The van der Waals surface area contributed by atoms with Gasteiger partial charge in [-0.2, -0.15) is 0 Å². The maximum absolute atomic E-state index is 6.66. The number of rotatable bonds is 5. The highest BCUT2D eigenvalue weighted by molar-refractivity contribution is 6.23. The molecule has 0 amide bonds. The third kappa shape index (κ3) is 4.37. The van der Waals surface area contributed by atoms with Crippen LogP contribution < -0.4 is 4.90 Å². The van der Waals surface area contributed by atoms with Crippen LogP contribution in [0.1, 0.15) is 0 Å². The molecule has 0 radical (unpaired) electrons. The van der Waals surface area contributed by atoms with E-state index in [1.165, 1.54) is 38.1 Å². The van der Waals surface area contributed by atoms with Crippen molar-refractivity contribution in [1.29, 1.82) is 0 Å². The summed E-state index contributed by atoms with van der Waals surface area (Å²) >= 11 is 0. The minimum absolute atomic E-state index is 0.883. The molecule has 3 heteroatoms. The van der Waals surface area contributed by atoms with Crippen molar-refractivity contribution in [1.82, 2.24) is 4.57 Å². The van der Waals surface area contributed by atoms with Crippen molar-refractivity contribution in [2.75, 3.05) is 4.90 Å². The van der Waals surface area contributed by atoms with Crippen molar-refractivity contribution in [2.45, 2.75) is 0 Å². The van der Waals surface area contributed by atoms with Gasteiger partial charge in [-0.25, -0.2) is 0 Å². The topological polar surface area (TPSA) is 21.3 Å². The molecule has 0 aliphatic heterocycles. The van der Waals surface area contributed by atoms with Crippen molar-refractivity contribution in [3.05, 3.63) is 182 Å². The van der Waals surface area contributed by atoms with Crippen LogP contribution in [0.15, 0.2) is 186 Å². The van der Waals surface area contributed by atoms with E-state index in [1.54, 1.807) is 0 Å². The number of furan rings is 1. The minimum Gasteiger partial charge on any atom is -0.454 e. The van der Waals surface area contributed by atoms with Crippen LogP contribution in [0.3, 0.4) is 0 Å². The van der Waals surface area contributed by atoms with Crippen LogP contribution in [-0.2, 0) is 0 Å². The number of anilines is 3. The summed E-state index contributed by atoms with van der Waals surface area (Å²) in [5, 5.41) is 7.18. The Morgan fingerprint density at radius 3 is 1.65 bits per heavy atom. The lowest BCUT2D eigenvalue weighted by Crippen LogP contribution is -2.10. The molecule has 0 N–H and O–H groups in total. The molecular weight excluding hydrogens is 597 g/mol. The Morgan fingerprint density at radius 1 is 0.429 bits per heavy atom. The largest absolute Gasteiger partial charge is 0.454 e. The number of aromatic nitrogens is 1. The molecule has 230 valence electrons. The number of fused-ring (bicyclic) bond motifs is 8. The Balaban J connectivity index is 1.08. The van der Waals surface area contributed by atoms with Crippen LogP contribution in [-0.4, -0.2) is 4.57 Å². The van der Waals surface area contributed by atoms with E-state index in [0.717, 1.165) is 50.3 Å². The fraction of sp³-hybridized carbons (Fsp3) is 0. The second kappa shape index (κ2) is 11.0. The van der Waals surface area contributed by atoms with Crippen LogP contribution in [0.4, 0.5) is 17.1 Å². The van der Waals surface area contributed by atoms with Crippen LogP contribution in [0.2, 0.25) is 0 Å². The summed E-state index contributed by atoms with van der Waals surface area (Å²) in [6, 6.07) is 64.8. The van der Waals surface area contributed by atoms with Crippen molar-refractivity contribution < 1.29 is 4.42 Å². The first-order valence-corrected chi connectivity index (χ1v) is 16.7. The predicted molar refractivity (Wildman–Crippen MR) is 206 cm³/mol. The van der Waals surface area contributed by atoms with E-state index in [-0.39, 0.29) is 0 Å². The minimum atomic E-state index is 0.883. The van der Waals surface area contributed by atoms with Crippen LogP contribution in [0, 0.1) is 0 Å². The normalized spacial score (nSPS) is 11.7. The highest BCUT2D eigenvalue weighted by Gasteiger charge is 2.21. The van der Waals surface area contributed by atoms with Gasteiger partial charge in [-0.05, 0) is 82.6 Å². The lowest BCUT2D eigenvalue weighted by atomic mass is 10.0. The smallest absolute Gasteiger partial charge is 0.160 e. The Hall–Kier alpha value is -6.58. The van der Waals surface area contributed by atoms with Gasteiger partial charge >= 0.3 is 0 Å². The zero-order chi connectivity index (χ0) is 32.3. The molecule has 0 fully saturated rings. The lowest BCUT2D eigenvalue weighted by molar-refractivity contribution is 0.669. The molecular formula is C46H30N2O. The summed E-state index contributed by atoms with van der Waals surface area (Å²) in [7, 11) is 0. The van der Waals surface area contributed by atoms with Crippen molar-refractivity contribution in [3.8, 4) is 16.8 Å². The fourth-order valence-electron chi connectivity index (χ4n) is 7.53. The van der Waals surface area contributed by atoms with Gasteiger partial charge in [0.1, 0.15) is 5.58 Å². The highest BCUT2D eigenvalue weighted by Crippen LogP contribution is 2.45. The maximum Gasteiger partial charge on any atom is 0.160 e. The molecule has 10 rings (SSSR count).